The Balaban J connectivity index is 2.07. The second kappa shape index (κ2) is 6.60. The molecule has 1 radical (unpaired) electrons. The number of ether oxygens (including phenoxy) is 2. The van der Waals surface area contributed by atoms with Crippen molar-refractivity contribution in [1.29, 1.82) is 0 Å². The van der Waals surface area contributed by atoms with Gasteiger partial charge in [0, 0.05) is 0 Å². The van der Waals surface area contributed by atoms with Crippen LogP contribution in [0.1, 0.15) is 5.56 Å². The topological polar surface area (TPSA) is 38.4 Å². The van der Waals surface area contributed by atoms with Gasteiger partial charge < -0.3 is 9.47 Å². The van der Waals surface area contributed by atoms with Crippen LogP contribution < -0.4 is 0 Å². The Morgan fingerprint density at radius 3 is 2.38 bits per heavy atom. The number of benzene rings is 1. The summed E-state index contributed by atoms with van der Waals surface area (Å²) >= 11 is 0. The average Bonchev–Trinajstić information content (AvgIpc) is 2.19. The lowest BCUT2D eigenvalue weighted by molar-refractivity contribution is -0.0637. The molecule has 1 aromatic carbocycles. The Kier molecular flexibility index (Phi) is 5.17. The van der Waals surface area contributed by atoms with Gasteiger partial charge in [-0.1, -0.05) is 30.3 Å². The predicted molar refractivity (Wildman–Crippen MR) is 47.6 cm³/mol. The second-order valence-corrected chi connectivity index (χ2v) is 2.56. The Labute approximate surface area is 77.9 Å². The van der Waals surface area contributed by atoms with Crippen LogP contribution in [-0.2, 0) is 21.2 Å². The van der Waals surface area contributed by atoms with Gasteiger partial charge in [-0.2, -0.15) is 0 Å². The molecule has 0 aliphatic rings. The lowest BCUT2D eigenvalue weighted by Gasteiger charge is -2.03. The van der Waals surface area contributed by atoms with E-state index in [1.165, 1.54) is 0 Å². The van der Waals surface area contributed by atoms with Gasteiger partial charge >= 0.3 is 0 Å². The fourth-order valence-electron chi connectivity index (χ4n) is 0.941. The predicted octanol–water partition coefficient (Wildman–Crippen LogP) is 1.61. The monoisotopic (exact) mass is 181 g/mol. The van der Waals surface area contributed by atoms with Gasteiger partial charge in [-0.3, -0.25) is 0 Å². The normalized spacial score (nSPS) is 10.2. The van der Waals surface area contributed by atoms with Crippen LogP contribution in [0.4, 0.5) is 0 Å². The molecule has 0 unspecified atom stereocenters. The van der Waals surface area contributed by atoms with Crippen molar-refractivity contribution in [3.63, 3.8) is 0 Å². The summed E-state index contributed by atoms with van der Waals surface area (Å²) in [5.41, 5.74) is 1.13. The van der Waals surface area contributed by atoms with Gasteiger partial charge in [0.25, 0.3) is 0 Å². The van der Waals surface area contributed by atoms with Crippen LogP contribution in [0.2, 0.25) is 0 Å². The summed E-state index contributed by atoms with van der Waals surface area (Å²) in [4.78, 5) is 0. The Bertz CT molecular complexity index is 211. The van der Waals surface area contributed by atoms with Gasteiger partial charge in [0.15, 0.2) is 6.79 Å². The first-order valence-corrected chi connectivity index (χ1v) is 4.21. The molecule has 0 amide bonds. The highest BCUT2D eigenvalue weighted by Gasteiger charge is 1.91. The molecular weight excluding hydrogens is 168 g/mol. The molecule has 0 aliphatic carbocycles. The number of rotatable bonds is 6. The average molecular weight is 181 g/mol. The zero-order valence-corrected chi connectivity index (χ0v) is 7.44. The first-order chi connectivity index (χ1) is 6.43. The van der Waals surface area contributed by atoms with E-state index in [2.05, 4.69) is 4.74 Å². The minimum Gasteiger partial charge on any atom is -0.374 e. The molecule has 3 heteroatoms. The smallest absolute Gasteiger partial charge is 0.180 e. The van der Waals surface area contributed by atoms with E-state index in [9.17, 15) is 5.11 Å². The molecule has 0 fully saturated rings. The fourth-order valence-corrected chi connectivity index (χ4v) is 0.941. The van der Waals surface area contributed by atoms with Crippen molar-refractivity contribution < 1.29 is 14.6 Å². The summed E-state index contributed by atoms with van der Waals surface area (Å²) < 4.78 is 9.85. The minimum atomic E-state index is -0.491. The van der Waals surface area contributed by atoms with Crippen LogP contribution >= 0.6 is 0 Å². The van der Waals surface area contributed by atoms with Gasteiger partial charge in [0.05, 0.1) is 19.8 Å². The van der Waals surface area contributed by atoms with E-state index in [4.69, 9.17) is 4.74 Å². The van der Waals surface area contributed by atoms with Crippen LogP contribution in [0.15, 0.2) is 30.3 Å². The van der Waals surface area contributed by atoms with Crippen molar-refractivity contribution in [2.75, 3.05) is 20.0 Å². The van der Waals surface area contributed by atoms with Gasteiger partial charge in [-0.05, 0) is 5.56 Å². The van der Waals surface area contributed by atoms with E-state index in [-0.39, 0.29) is 0 Å². The number of hydrogen-bond acceptors (Lipinski definition) is 2. The van der Waals surface area contributed by atoms with Gasteiger partial charge in [0.2, 0.25) is 0 Å². The summed E-state index contributed by atoms with van der Waals surface area (Å²) in [5, 5.41) is 9.89. The summed E-state index contributed by atoms with van der Waals surface area (Å²) in [6, 6.07) is 9.88. The molecule has 0 atom stereocenters. The Morgan fingerprint density at radius 1 is 1.00 bits per heavy atom. The molecule has 0 aromatic heterocycles. The highest BCUT2D eigenvalue weighted by Crippen LogP contribution is 1.99. The van der Waals surface area contributed by atoms with E-state index < -0.39 is 6.79 Å². The third-order valence-electron chi connectivity index (χ3n) is 1.57. The summed E-state index contributed by atoms with van der Waals surface area (Å²) in [7, 11) is 0. The Hall–Kier alpha value is -0.900. The summed E-state index contributed by atoms with van der Waals surface area (Å²) in [6.07, 6.45) is 0. The highest BCUT2D eigenvalue weighted by molar-refractivity contribution is 5.13. The fraction of sp³-hybridized carbons (Fsp3) is 0.400. The molecule has 71 valence electrons. The van der Waals surface area contributed by atoms with E-state index in [1.807, 2.05) is 30.3 Å². The van der Waals surface area contributed by atoms with Crippen LogP contribution in [-0.4, -0.2) is 20.0 Å². The Morgan fingerprint density at radius 2 is 1.69 bits per heavy atom. The maximum atomic E-state index is 9.89. The van der Waals surface area contributed by atoms with Crippen LogP contribution in [0.25, 0.3) is 0 Å². The first kappa shape index (κ1) is 10.2. The van der Waals surface area contributed by atoms with Crippen LogP contribution in [0.5, 0.6) is 0 Å². The SMILES string of the molecule is [O]COCCOCc1ccccc1. The van der Waals surface area contributed by atoms with E-state index in [0.717, 1.165) is 5.56 Å². The minimum absolute atomic E-state index is 0.371. The molecular formula is C10H13O3. The quantitative estimate of drug-likeness (QED) is 0.494. The largest absolute Gasteiger partial charge is 0.374 e. The van der Waals surface area contributed by atoms with Crippen molar-refractivity contribution in [3.05, 3.63) is 35.9 Å². The van der Waals surface area contributed by atoms with Crippen molar-refractivity contribution in [1.82, 2.24) is 0 Å². The third kappa shape index (κ3) is 4.62. The molecule has 1 aromatic rings. The van der Waals surface area contributed by atoms with Crippen LogP contribution in [0.3, 0.4) is 0 Å². The molecule has 1 rings (SSSR count). The molecule has 3 nitrogen and oxygen atoms in total. The van der Waals surface area contributed by atoms with E-state index >= 15 is 0 Å². The summed E-state index contributed by atoms with van der Waals surface area (Å²) in [6.45, 7) is 0.922. The van der Waals surface area contributed by atoms with Crippen molar-refractivity contribution >= 4 is 0 Å². The molecule has 0 saturated heterocycles. The van der Waals surface area contributed by atoms with E-state index in [1.54, 1.807) is 0 Å². The third-order valence-corrected chi connectivity index (χ3v) is 1.57. The highest BCUT2D eigenvalue weighted by atomic mass is 16.6. The second-order valence-electron chi connectivity index (χ2n) is 2.56. The van der Waals surface area contributed by atoms with Crippen molar-refractivity contribution in [2.45, 2.75) is 6.61 Å². The lowest BCUT2D eigenvalue weighted by atomic mass is 10.2. The first-order valence-electron chi connectivity index (χ1n) is 4.21. The molecule has 13 heavy (non-hydrogen) atoms. The van der Waals surface area contributed by atoms with Gasteiger partial charge in [-0.15, -0.1) is 0 Å². The van der Waals surface area contributed by atoms with Gasteiger partial charge in [-0.25, -0.2) is 5.11 Å². The van der Waals surface area contributed by atoms with Crippen molar-refractivity contribution in [3.8, 4) is 0 Å². The number of hydrogen-bond donors (Lipinski definition) is 0. The van der Waals surface area contributed by atoms with E-state index in [0.29, 0.717) is 19.8 Å². The van der Waals surface area contributed by atoms with Gasteiger partial charge in [0.1, 0.15) is 0 Å². The maximum absolute atomic E-state index is 9.89. The van der Waals surface area contributed by atoms with Crippen molar-refractivity contribution in [2.24, 2.45) is 0 Å². The molecule has 0 aliphatic heterocycles. The molecule has 0 N–H and O–H groups in total. The van der Waals surface area contributed by atoms with Crippen LogP contribution in [0, 0.1) is 0 Å². The zero-order valence-electron chi connectivity index (χ0n) is 7.44. The maximum Gasteiger partial charge on any atom is 0.180 e. The zero-order chi connectivity index (χ0) is 9.36. The molecule has 0 bridgehead atoms. The lowest BCUT2D eigenvalue weighted by Crippen LogP contribution is -2.04. The molecule has 0 heterocycles. The standard InChI is InChI=1S/C10H13O3/c11-9-13-7-6-12-8-10-4-2-1-3-5-10/h1-5H,6-9H2. The molecule has 0 spiro atoms. The molecule has 0 saturated carbocycles. The summed E-state index contributed by atoms with van der Waals surface area (Å²) in [5.74, 6) is 0.